The Morgan fingerprint density at radius 1 is 1.07 bits per heavy atom. The minimum Gasteiger partial charge on any atom is -0.484 e. The van der Waals surface area contributed by atoms with E-state index in [1.807, 2.05) is 38.1 Å². The molecule has 0 atom stereocenters. The van der Waals surface area contributed by atoms with Gasteiger partial charge in [0.2, 0.25) is 0 Å². The molecule has 27 heavy (non-hydrogen) atoms. The molecular weight excluding hydrogens is 338 g/mol. The third-order valence-corrected chi connectivity index (χ3v) is 5.05. The Hall–Kier alpha value is -2.53. The summed E-state index contributed by atoms with van der Waals surface area (Å²) >= 11 is 0. The summed E-state index contributed by atoms with van der Waals surface area (Å²) in [7, 11) is 0. The average molecular weight is 369 g/mol. The molecule has 0 spiro atoms. The van der Waals surface area contributed by atoms with Crippen molar-refractivity contribution in [1.82, 2.24) is 0 Å². The van der Waals surface area contributed by atoms with Gasteiger partial charge in [-0.25, -0.2) is 0 Å². The summed E-state index contributed by atoms with van der Waals surface area (Å²) in [6, 6.07) is 14.0. The Labute approximate surface area is 161 Å². The van der Waals surface area contributed by atoms with Crippen molar-refractivity contribution in [2.24, 2.45) is 0 Å². The van der Waals surface area contributed by atoms with Crippen LogP contribution in [0, 0.1) is 13.8 Å². The van der Waals surface area contributed by atoms with E-state index in [1.54, 1.807) is 4.90 Å². The minimum atomic E-state index is -0.151. The molecule has 1 fully saturated rings. The van der Waals surface area contributed by atoms with Gasteiger partial charge in [-0.2, -0.15) is 0 Å². The molecule has 0 radical (unpaired) electrons. The number of hydrogen-bond donors (Lipinski definition) is 2. The SMILES string of the molecule is CC[NH+]1CCN(c2ccc(NC(=O)COc3cc(C)cc(C)c3)cc2)CC1. The number of piperazine rings is 1. The van der Waals surface area contributed by atoms with Gasteiger partial charge in [0.1, 0.15) is 5.75 Å². The summed E-state index contributed by atoms with van der Waals surface area (Å²) in [5.74, 6) is 0.577. The monoisotopic (exact) mass is 368 g/mol. The van der Waals surface area contributed by atoms with Crippen molar-refractivity contribution >= 4 is 17.3 Å². The van der Waals surface area contributed by atoms with Gasteiger partial charge >= 0.3 is 0 Å². The maximum absolute atomic E-state index is 12.2. The zero-order valence-corrected chi connectivity index (χ0v) is 16.5. The lowest BCUT2D eigenvalue weighted by Gasteiger charge is -2.33. The molecule has 2 N–H and O–H groups in total. The summed E-state index contributed by atoms with van der Waals surface area (Å²) in [5.41, 5.74) is 4.27. The van der Waals surface area contributed by atoms with Crippen LogP contribution in [0.4, 0.5) is 11.4 Å². The highest BCUT2D eigenvalue weighted by atomic mass is 16.5. The van der Waals surface area contributed by atoms with Gasteiger partial charge in [-0.15, -0.1) is 0 Å². The number of rotatable bonds is 6. The van der Waals surface area contributed by atoms with E-state index < -0.39 is 0 Å². The zero-order chi connectivity index (χ0) is 19.2. The van der Waals surface area contributed by atoms with E-state index in [2.05, 4.69) is 35.3 Å². The maximum atomic E-state index is 12.2. The lowest BCUT2D eigenvalue weighted by Crippen LogP contribution is -3.14. The Morgan fingerprint density at radius 3 is 2.30 bits per heavy atom. The summed E-state index contributed by atoms with van der Waals surface area (Å²) in [4.78, 5) is 16.2. The summed E-state index contributed by atoms with van der Waals surface area (Å²) in [5, 5.41) is 2.90. The van der Waals surface area contributed by atoms with Gasteiger partial charge in [0.25, 0.3) is 5.91 Å². The van der Waals surface area contributed by atoms with Crippen molar-refractivity contribution in [1.29, 1.82) is 0 Å². The van der Waals surface area contributed by atoms with Crippen LogP contribution in [0.3, 0.4) is 0 Å². The van der Waals surface area contributed by atoms with Gasteiger partial charge in [-0.3, -0.25) is 4.79 Å². The molecule has 1 aliphatic rings. The predicted octanol–water partition coefficient (Wildman–Crippen LogP) is 2.05. The molecule has 0 aromatic heterocycles. The molecule has 0 saturated carbocycles. The van der Waals surface area contributed by atoms with Crippen molar-refractivity contribution < 1.29 is 14.4 Å². The number of carbonyl (C=O) groups excluding carboxylic acids is 1. The fraction of sp³-hybridized carbons (Fsp3) is 0.409. The fourth-order valence-corrected chi connectivity index (χ4v) is 3.55. The van der Waals surface area contributed by atoms with Crippen LogP contribution in [0.5, 0.6) is 5.75 Å². The van der Waals surface area contributed by atoms with Crippen LogP contribution in [0.15, 0.2) is 42.5 Å². The zero-order valence-electron chi connectivity index (χ0n) is 16.5. The van der Waals surface area contributed by atoms with E-state index in [1.165, 1.54) is 25.3 Å². The summed E-state index contributed by atoms with van der Waals surface area (Å²) < 4.78 is 5.62. The average Bonchev–Trinajstić information content (AvgIpc) is 2.66. The van der Waals surface area contributed by atoms with Crippen LogP contribution >= 0.6 is 0 Å². The van der Waals surface area contributed by atoms with Crippen molar-refractivity contribution in [3.63, 3.8) is 0 Å². The van der Waals surface area contributed by atoms with E-state index in [0.717, 1.165) is 35.7 Å². The van der Waals surface area contributed by atoms with Crippen molar-refractivity contribution in [2.75, 3.05) is 49.5 Å². The lowest BCUT2D eigenvalue weighted by atomic mass is 10.1. The van der Waals surface area contributed by atoms with Gasteiger partial charge in [0.05, 0.1) is 32.7 Å². The number of aryl methyl sites for hydroxylation is 2. The van der Waals surface area contributed by atoms with Gasteiger partial charge in [0, 0.05) is 11.4 Å². The number of benzene rings is 2. The topological polar surface area (TPSA) is 46.0 Å². The molecule has 2 aromatic rings. The number of hydrogen-bond acceptors (Lipinski definition) is 3. The largest absolute Gasteiger partial charge is 0.484 e. The molecule has 1 aliphatic heterocycles. The number of nitrogens with one attached hydrogen (secondary N) is 2. The molecule has 0 bridgehead atoms. The molecule has 1 amide bonds. The summed E-state index contributed by atoms with van der Waals surface area (Å²) in [6.45, 7) is 12.0. The normalized spacial score (nSPS) is 14.9. The fourth-order valence-electron chi connectivity index (χ4n) is 3.55. The molecule has 1 heterocycles. The Morgan fingerprint density at radius 2 is 1.70 bits per heavy atom. The molecule has 144 valence electrons. The van der Waals surface area contributed by atoms with Crippen LogP contribution in [0.25, 0.3) is 0 Å². The highest BCUT2D eigenvalue weighted by molar-refractivity contribution is 5.92. The Balaban J connectivity index is 1.49. The first-order chi connectivity index (χ1) is 13.0. The number of ether oxygens (including phenoxy) is 1. The van der Waals surface area contributed by atoms with Gasteiger partial charge in [-0.1, -0.05) is 6.07 Å². The third kappa shape index (κ3) is 5.47. The second-order valence-corrected chi connectivity index (χ2v) is 7.30. The molecule has 0 aliphatic carbocycles. The van der Waals surface area contributed by atoms with Gasteiger partial charge < -0.3 is 19.9 Å². The molecule has 2 aromatic carbocycles. The number of likely N-dealkylation sites (N-methyl/N-ethyl adjacent to an activating group) is 1. The van der Waals surface area contributed by atoms with Crippen molar-refractivity contribution in [3.8, 4) is 5.75 Å². The van der Waals surface area contributed by atoms with Crippen LogP contribution in [-0.2, 0) is 4.79 Å². The number of quaternary nitrogens is 1. The van der Waals surface area contributed by atoms with E-state index in [-0.39, 0.29) is 12.5 Å². The minimum absolute atomic E-state index is 0.00635. The predicted molar refractivity (Wildman–Crippen MR) is 110 cm³/mol. The Bertz CT molecular complexity index is 745. The van der Waals surface area contributed by atoms with Crippen LogP contribution in [0.1, 0.15) is 18.1 Å². The molecule has 5 heteroatoms. The van der Waals surface area contributed by atoms with Gasteiger partial charge in [-0.05, 0) is 68.3 Å². The standard InChI is InChI=1S/C22H29N3O2/c1-4-24-9-11-25(12-10-24)20-7-5-19(6-8-20)23-22(26)16-27-21-14-17(2)13-18(3)15-21/h5-8,13-15H,4,9-12,16H2,1-3H3,(H,23,26)/p+1. The quantitative estimate of drug-likeness (QED) is 0.820. The molecule has 3 rings (SSSR count). The third-order valence-electron chi connectivity index (χ3n) is 5.05. The van der Waals surface area contributed by atoms with Gasteiger partial charge in [0.15, 0.2) is 6.61 Å². The highest BCUT2D eigenvalue weighted by Gasteiger charge is 2.18. The number of anilines is 2. The number of amides is 1. The second kappa shape index (κ2) is 8.91. The molecule has 5 nitrogen and oxygen atoms in total. The number of nitrogens with zero attached hydrogens (tertiary/aromatic N) is 1. The number of carbonyl (C=O) groups is 1. The lowest BCUT2D eigenvalue weighted by molar-refractivity contribution is -0.898. The van der Waals surface area contributed by atoms with E-state index in [0.29, 0.717) is 0 Å². The molecule has 1 saturated heterocycles. The Kier molecular flexibility index (Phi) is 6.35. The first-order valence-corrected chi connectivity index (χ1v) is 9.73. The highest BCUT2D eigenvalue weighted by Crippen LogP contribution is 2.19. The first-order valence-electron chi connectivity index (χ1n) is 9.73. The molecule has 0 unspecified atom stereocenters. The van der Waals surface area contributed by atoms with Crippen LogP contribution < -0.4 is 19.9 Å². The maximum Gasteiger partial charge on any atom is 0.262 e. The van der Waals surface area contributed by atoms with Crippen molar-refractivity contribution in [3.05, 3.63) is 53.6 Å². The first kappa shape index (κ1) is 19.2. The molecular formula is C22H30N3O2+. The van der Waals surface area contributed by atoms with E-state index >= 15 is 0 Å². The van der Waals surface area contributed by atoms with Crippen LogP contribution in [-0.4, -0.2) is 45.2 Å². The van der Waals surface area contributed by atoms with Crippen LogP contribution in [0.2, 0.25) is 0 Å². The van der Waals surface area contributed by atoms with E-state index in [4.69, 9.17) is 4.74 Å². The van der Waals surface area contributed by atoms with E-state index in [9.17, 15) is 4.79 Å². The second-order valence-electron chi connectivity index (χ2n) is 7.30. The summed E-state index contributed by atoms with van der Waals surface area (Å²) in [6.07, 6.45) is 0. The smallest absolute Gasteiger partial charge is 0.262 e. The van der Waals surface area contributed by atoms with Crippen molar-refractivity contribution in [2.45, 2.75) is 20.8 Å².